The quantitative estimate of drug-likeness (QED) is 0.659. The van der Waals surface area contributed by atoms with Crippen molar-refractivity contribution in [1.29, 1.82) is 0 Å². The van der Waals surface area contributed by atoms with Gasteiger partial charge in [0.15, 0.2) is 0 Å². The third kappa shape index (κ3) is 5.82. The van der Waals surface area contributed by atoms with Crippen molar-refractivity contribution in [2.24, 2.45) is 0 Å². The van der Waals surface area contributed by atoms with Gasteiger partial charge in [-0.05, 0) is 43.5 Å². The van der Waals surface area contributed by atoms with Crippen LogP contribution < -0.4 is 15.4 Å². The minimum Gasteiger partial charge on any atom is -0.490 e. The highest BCUT2D eigenvalue weighted by molar-refractivity contribution is 5.99. The number of rotatable bonds is 6. The molecule has 2 aromatic carbocycles. The van der Waals surface area contributed by atoms with Crippen molar-refractivity contribution < 1.29 is 23.9 Å². The monoisotopic (exact) mass is 479 g/mol. The lowest BCUT2D eigenvalue weighted by molar-refractivity contribution is -0.134. The van der Waals surface area contributed by atoms with E-state index in [1.807, 2.05) is 37.3 Å². The third-order valence-corrected chi connectivity index (χ3v) is 6.71. The molecule has 1 saturated heterocycles. The summed E-state index contributed by atoms with van der Waals surface area (Å²) in [5.41, 5.74) is 2.03. The molecular formula is C27H33N3O5. The van der Waals surface area contributed by atoms with Crippen molar-refractivity contribution in [1.82, 2.24) is 10.2 Å². The second-order valence-corrected chi connectivity index (χ2v) is 9.18. The molecule has 0 unspecified atom stereocenters. The summed E-state index contributed by atoms with van der Waals surface area (Å²) in [7, 11) is 1.77. The summed E-state index contributed by atoms with van der Waals surface area (Å²) in [5.74, 6) is 0.0909. The van der Waals surface area contributed by atoms with E-state index in [9.17, 15) is 14.4 Å². The lowest BCUT2D eigenvalue weighted by atomic mass is 9.94. The van der Waals surface area contributed by atoms with E-state index in [0.29, 0.717) is 36.3 Å². The smallest absolute Gasteiger partial charge is 0.257 e. The average molecular weight is 480 g/mol. The Bertz CT molecular complexity index is 1070. The molecule has 4 atom stereocenters. The molecule has 8 heteroatoms. The summed E-state index contributed by atoms with van der Waals surface area (Å²) in [6.07, 6.45) is 1.42. The van der Waals surface area contributed by atoms with Crippen LogP contribution in [0.4, 0.5) is 5.69 Å². The fourth-order valence-electron chi connectivity index (χ4n) is 4.69. The van der Waals surface area contributed by atoms with E-state index in [1.165, 1.54) is 0 Å². The molecular weight excluding hydrogens is 446 g/mol. The van der Waals surface area contributed by atoms with Crippen molar-refractivity contribution >= 4 is 23.4 Å². The van der Waals surface area contributed by atoms with Gasteiger partial charge in [0.25, 0.3) is 5.91 Å². The van der Waals surface area contributed by atoms with Crippen molar-refractivity contribution in [3.63, 3.8) is 0 Å². The standard InChI is InChI=1S/C27H33N3O5/c1-4-25(31)29-19-10-13-23-21(14-19)27(33)30(3)22-12-11-20(35-24(22)16-34-23)15-26(32)28-17(2)18-8-6-5-7-9-18/h5-10,13-14,17,20,22,24H,4,11-12,15-16H2,1-3H3,(H,28,32)(H,29,31)/t17-,20+,22+,24+/m0/s1. The van der Waals surface area contributed by atoms with Crippen LogP contribution in [-0.4, -0.2) is 54.5 Å². The summed E-state index contributed by atoms with van der Waals surface area (Å²) in [5, 5.41) is 5.83. The molecule has 3 amide bonds. The number of nitrogens with zero attached hydrogens (tertiary/aromatic N) is 1. The molecule has 2 aromatic rings. The largest absolute Gasteiger partial charge is 0.490 e. The van der Waals surface area contributed by atoms with Gasteiger partial charge in [0, 0.05) is 19.2 Å². The van der Waals surface area contributed by atoms with E-state index in [4.69, 9.17) is 9.47 Å². The fraction of sp³-hybridized carbons (Fsp3) is 0.444. The number of fused-ring (bicyclic) bond motifs is 2. The van der Waals surface area contributed by atoms with Gasteiger partial charge in [-0.3, -0.25) is 14.4 Å². The number of nitrogens with one attached hydrogen (secondary N) is 2. The minimum atomic E-state index is -0.338. The van der Waals surface area contributed by atoms with E-state index in [2.05, 4.69) is 10.6 Å². The summed E-state index contributed by atoms with van der Waals surface area (Å²) in [4.78, 5) is 39.4. The first-order valence-electron chi connectivity index (χ1n) is 12.2. The van der Waals surface area contributed by atoms with Crippen LogP contribution in [-0.2, 0) is 14.3 Å². The highest BCUT2D eigenvalue weighted by Crippen LogP contribution is 2.32. The zero-order chi connectivity index (χ0) is 24.9. The molecule has 186 valence electrons. The van der Waals surface area contributed by atoms with Crippen molar-refractivity contribution in [3.8, 4) is 5.75 Å². The molecule has 0 saturated carbocycles. The van der Waals surface area contributed by atoms with Gasteiger partial charge < -0.3 is 25.0 Å². The molecule has 0 aromatic heterocycles. The zero-order valence-electron chi connectivity index (χ0n) is 20.5. The molecule has 2 aliphatic rings. The maximum absolute atomic E-state index is 13.3. The molecule has 1 fully saturated rings. The van der Waals surface area contributed by atoms with Crippen LogP contribution in [0.5, 0.6) is 5.75 Å². The zero-order valence-corrected chi connectivity index (χ0v) is 20.5. The van der Waals surface area contributed by atoms with Gasteiger partial charge in [0.2, 0.25) is 11.8 Å². The van der Waals surface area contributed by atoms with Gasteiger partial charge in [-0.15, -0.1) is 0 Å². The van der Waals surface area contributed by atoms with Crippen LogP contribution in [0.25, 0.3) is 0 Å². The Balaban J connectivity index is 1.40. The minimum absolute atomic E-state index is 0.0620. The molecule has 2 aliphatic heterocycles. The van der Waals surface area contributed by atoms with E-state index in [-0.39, 0.29) is 55.0 Å². The molecule has 0 aliphatic carbocycles. The topological polar surface area (TPSA) is 97.0 Å². The molecule has 2 heterocycles. The first-order chi connectivity index (χ1) is 16.9. The Kier molecular flexibility index (Phi) is 7.70. The van der Waals surface area contributed by atoms with Gasteiger partial charge in [0.1, 0.15) is 18.5 Å². The van der Waals surface area contributed by atoms with E-state index >= 15 is 0 Å². The van der Waals surface area contributed by atoms with E-state index < -0.39 is 0 Å². The maximum Gasteiger partial charge on any atom is 0.257 e. The van der Waals surface area contributed by atoms with Crippen molar-refractivity contribution in [3.05, 3.63) is 59.7 Å². The first-order valence-corrected chi connectivity index (χ1v) is 12.2. The number of likely N-dealkylation sites (N-methyl/N-ethyl adjacent to an activating group) is 1. The van der Waals surface area contributed by atoms with Gasteiger partial charge in [-0.1, -0.05) is 37.3 Å². The van der Waals surface area contributed by atoms with Crippen LogP contribution in [0.3, 0.4) is 0 Å². The van der Waals surface area contributed by atoms with Gasteiger partial charge in [-0.25, -0.2) is 0 Å². The lowest BCUT2D eigenvalue weighted by Gasteiger charge is -2.42. The van der Waals surface area contributed by atoms with Gasteiger partial charge in [0.05, 0.1) is 30.2 Å². The Morgan fingerprint density at radius 2 is 1.89 bits per heavy atom. The van der Waals surface area contributed by atoms with Crippen LogP contribution in [0, 0.1) is 0 Å². The number of benzene rings is 2. The van der Waals surface area contributed by atoms with Crippen molar-refractivity contribution in [2.75, 3.05) is 19.0 Å². The Morgan fingerprint density at radius 3 is 2.63 bits per heavy atom. The molecule has 0 spiro atoms. The van der Waals surface area contributed by atoms with Crippen LogP contribution >= 0.6 is 0 Å². The van der Waals surface area contributed by atoms with Gasteiger partial charge in [-0.2, -0.15) is 0 Å². The highest BCUT2D eigenvalue weighted by Gasteiger charge is 2.39. The number of anilines is 1. The summed E-state index contributed by atoms with van der Waals surface area (Å²) >= 11 is 0. The SMILES string of the molecule is CCC(=O)Nc1ccc2c(c1)C(=O)N(C)[C@@H]1CC[C@H](CC(=O)N[C@@H](C)c3ccccc3)O[C@@H]1CO2. The highest BCUT2D eigenvalue weighted by atomic mass is 16.5. The maximum atomic E-state index is 13.3. The molecule has 35 heavy (non-hydrogen) atoms. The molecule has 0 radical (unpaired) electrons. The second-order valence-electron chi connectivity index (χ2n) is 9.18. The number of ether oxygens (including phenoxy) is 2. The van der Waals surface area contributed by atoms with Crippen LogP contribution in [0.15, 0.2) is 48.5 Å². The normalized spacial score (nSPS) is 22.5. The summed E-state index contributed by atoms with van der Waals surface area (Å²) in [6.45, 7) is 4.01. The van der Waals surface area contributed by atoms with Crippen LogP contribution in [0.1, 0.15) is 61.5 Å². The Hall–Kier alpha value is -3.39. The number of amides is 3. The predicted octanol–water partition coefficient (Wildman–Crippen LogP) is 3.68. The number of carbonyl (C=O) groups is 3. The van der Waals surface area contributed by atoms with Crippen molar-refractivity contribution in [2.45, 2.75) is 63.8 Å². The molecule has 0 bridgehead atoms. The summed E-state index contributed by atoms with van der Waals surface area (Å²) < 4.78 is 12.3. The Morgan fingerprint density at radius 1 is 1.11 bits per heavy atom. The molecule has 2 N–H and O–H groups in total. The number of carbonyl (C=O) groups excluding carboxylic acids is 3. The van der Waals surface area contributed by atoms with Gasteiger partial charge >= 0.3 is 0 Å². The third-order valence-electron chi connectivity index (χ3n) is 6.71. The van der Waals surface area contributed by atoms with E-state index in [0.717, 1.165) is 5.56 Å². The first kappa shape index (κ1) is 24.7. The summed E-state index contributed by atoms with van der Waals surface area (Å²) in [6, 6.07) is 14.7. The molecule has 8 nitrogen and oxygen atoms in total. The Labute approximate surface area is 206 Å². The fourth-order valence-corrected chi connectivity index (χ4v) is 4.69. The average Bonchev–Trinajstić information content (AvgIpc) is 2.86. The van der Waals surface area contributed by atoms with E-state index in [1.54, 1.807) is 37.1 Å². The number of hydrogen-bond donors (Lipinski definition) is 2. The number of hydrogen-bond acceptors (Lipinski definition) is 5. The molecule has 4 rings (SSSR count). The predicted molar refractivity (Wildman–Crippen MR) is 132 cm³/mol. The second kappa shape index (κ2) is 10.9. The van der Waals surface area contributed by atoms with Crippen LogP contribution in [0.2, 0.25) is 0 Å². The lowest BCUT2D eigenvalue weighted by Crippen LogP contribution is -2.54.